The van der Waals surface area contributed by atoms with Gasteiger partial charge in [0.2, 0.25) is 0 Å². The van der Waals surface area contributed by atoms with Gasteiger partial charge < -0.3 is 0 Å². The van der Waals surface area contributed by atoms with Crippen LogP contribution in [0.25, 0.3) is 11.1 Å². The molecular weight excluding hydrogens is 264 g/mol. The summed E-state index contributed by atoms with van der Waals surface area (Å²) in [6.07, 6.45) is 6.62. The van der Waals surface area contributed by atoms with Crippen LogP contribution >= 0.6 is 11.3 Å². The van der Waals surface area contributed by atoms with Gasteiger partial charge in [-0.25, -0.2) is 0 Å². The number of rotatable bonds is 8. The van der Waals surface area contributed by atoms with Crippen molar-refractivity contribution in [2.24, 2.45) is 0 Å². The molecule has 1 nitrogen and oxygen atoms in total. The Balaban J connectivity index is 2.00. The van der Waals surface area contributed by atoms with E-state index in [4.69, 9.17) is 0 Å². The highest BCUT2D eigenvalue weighted by Crippen LogP contribution is 2.27. The van der Waals surface area contributed by atoms with E-state index in [1.54, 1.807) is 11.3 Å². The van der Waals surface area contributed by atoms with E-state index in [1.807, 2.05) is 24.3 Å². The molecule has 0 atom stereocenters. The van der Waals surface area contributed by atoms with Gasteiger partial charge in [-0.05, 0) is 34.4 Å². The molecule has 106 valence electrons. The van der Waals surface area contributed by atoms with Crippen molar-refractivity contribution in [3.63, 3.8) is 0 Å². The number of ketones is 1. The first-order chi connectivity index (χ1) is 9.83. The first-order valence-electron chi connectivity index (χ1n) is 7.47. The lowest BCUT2D eigenvalue weighted by Crippen LogP contribution is -2.01. The van der Waals surface area contributed by atoms with Gasteiger partial charge in [-0.15, -0.1) is 0 Å². The monoisotopic (exact) mass is 286 g/mol. The van der Waals surface area contributed by atoms with Gasteiger partial charge in [0.1, 0.15) is 0 Å². The molecule has 0 aliphatic rings. The van der Waals surface area contributed by atoms with Crippen LogP contribution < -0.4 is 0 Å². The van der Waals surface area contributed by atoms with Crippen molar-refractivity contribution in [1.82, 2.24) is 0 Å². The average molecular weight is 286 g/mol. The van der Waals surface area contributed by atoms with Crippen LogP contribution in [0.4, 0.5) is 0 Å². The Bertz CT molecular complexity index is 528. The molecule has 0 saturated carbocycles. The fraction of sp³-hybridized carbons (Fsp3) is 0.389. The summed E-state index contributed by atoms with van der Waals surface area (Å²) in [6.45, 7) is 2.21. The van der Waals surface area contributed by atoms with Crippen molar-refractivity contribution in [2.75, 3.05) is 0 Å². The molecule has 0 fully saturated rings. The van der Waals surface area contributed by atoms with Gasteiger partial charge in [0.15, 0.2) is 5.78 Å². The maximum atomic E-state index is 12.4. The molecule has 0 saturated heterocycles. The Kier molecular flexibility index (Phi) is 6.00. The maximum absolute atomic E-state index is 12.4. The summed E-state index contributed by atoms with van der Waals surface area (Å²) >= 11 is 1.67. The molecule has 0 aliphatic carbocycles. The van der Waals surface area contributed by atoms with Gasteiger partial charge >= 0.3 is 0 Å². The summed E-state index contributed by atoms with van der Waals surface area (Å²) in [4.78, 5) is 12.4. The molecule has 0 radical (unpaired) electrons. The zero-order chi connectivity index (χ0) is 14.2. The smallest absolute Gasteiger partial charge is 0.163 e. The number of carbonyl (C=O) groups excluding carboxylic acids is 1. The van der Waals surface area contributed by atoms with E-state index in [1.165, 1.54) is 25.7 Å². The minimum absolute atomic E-state index is 0.281. The van der Waals surface area contributed by atoms with Crippen LogP contribution in [0.2, 0.25) is 0 Å². The second-order valence-electron chi connectivity index (χ2n) is 5.14. The van der Waals surface area contributed by atoms with E-state index >= 15 is 0 Å². The Morgan fingerprint density at radius 1 is 1.05 bits per heavy atom. The zero-order valence-corrected chi connectivity index (χ0v) is 12.9. The van der Waals surface area contributed by atoms with E-state index in [9.17, 15) is 4.79 Å². The Hall–Kier alpha value is -1.41. The highest BCUT2D eigenvalue weighted by molar-refractivity contribution is 7.08. The van der Waals surface area contributed by atoms with Gasteiger partial charge in [0, 0.05) is 12.0 Å². The molecule has 0 unspecified atom stereocenters. The van der Waals surface area contributed by atoms with Crippen LogP contribution in [0.1, 0.15) is 55.8 Å². The van der Waals surface area contributed by atoms with Gasteiger partial charge in [-0.2, -0.15) is 11.3 Å². The van der Waals surface area contributed by atoms with Crippen molar-refractivity contribution in [3.8, 4) is 11.1 Å². The van der Waals surface area contributed by atoms with Crippen LogP contribution in [0.3, 0.4) is 0 Å². The molecule has 0 bridgehead atoms. The molecule has 1 aromatic heterocycles. The van der Waals surface area contributed by atoms with Crippen LogP contribution in [-0.2, 0) is 0 Å². The Morgan fingerprint density at radius 2 is 1.85 bits per heavy atom. The zero-order valence-electron chi connectivity index (χ0n) is 12.1. The lowest BCUT2D eigenvalue weighted by molar-refractivity contribution is 0.0979. The molecule has 0 spiro atoms. The van der Waals surface area contributed by atoms with E-state index in [-0.39, 0.29) is 5.78 Å². The number of hydrogen-bond donors (Lipinski definition) is 0. The normalized spacial score (nSPS) is 10.7. The first-order valence-corrected chi connectivity index (χ1v) is 8.42. The van der Waals surface area contributed by atoms with Crippen molar-refractivity contribution in [3.05, 3.63) is 46.7 Å². The molecule has 0 amide bonds. The quantitative estimate of drug-likeness (QED) is 0.432. The van der Waals surface area contributed by atoms with Crippen molar-refractivity contribution < 1.29 is 4.79 Å². The molecule has 1 heterocycles. The molecule has 1 aromatic carbocycles. The van der Waals surface area contributed by atoms with Crippen molar-refractivity contribution >= 4 is 17.1 Å². The number of thiophene rings is 1. The van der Waals surface area contributed by atoms with E-state index in [0.717, 1.165) is 23.1 Å². The van der Waals surface area contributed by atoms with Gasteiger partial charge in [-0.3, -0.25) is 4.79 Å². The third-order valence-corrected chi connectivity index (χ3v) is 4.25. The second-order valence-corrected chi connectivity index (χ2v) is 5.93. The average Bonchev–Trinajstić information content (AvgIpc) is 3.01. The minimum atomic E-state index is 0.281. The highest BCUT2D eigenvalue weighted by Gasteiger charge is 2.12. The standard InChI is InChI=1S/C18H22OS/c1-2-3-4-5-6-11-18(19)17-10-8-7-9-16(17)15-12-13-20-14-15/h7-10,12-14H,2-6,11H2,1H3. The molecule has 0 aliphatic heterocycles. The fourth-order valence-electron chi connectivity index (χ4n) is 2.42. The lowest BCUT2D eigenvalue weighted by Gasteiger charge is -2.07. The van der Waals surface area contributed by atoms with Crippen LogP contribution in [0.5, 0.6) is 0 Å². The summed E-state index contributed by atoms with van der Waals surface area (Å²) in [5, 5.41) is 4.16. The third-order valence-electron chi connectivity index (χ3n) is 3.57. The molecule has 2 aromatic rings. The van der Waals surface area contributed by atoms with Gasteiger partial charge in [0.05, 0.1) is 0 Å². The molecule has 20 heavy (non-hydrogen) atoms. The third kappa shape index (κ3) is 4.04. The minimum Gasteiger partial charge on any atom is -0.294 e. The predicted octanol–water partition coefficient (Wildman–Crippen LogP) is 5.96. The van der Waals surface area contributed by atoms with Crippen LogP contribution in [-0.4, -0.2) is 5.78 Å². The summed E-state index contributed by atoms with van der Waals surface area (Å²) < 4.78 is 0. The fourth-order valence-corrected chi connectivity index (χ4v) is 3.08. The summed E-state index contributed by atoms with van der Waals surface area (Å²) in [7, 11) is 0. The van der Waals surface area contributed by atoms with Crippen molar-refractivity contribution in [1.29, 1.82) is 0 Å². The Labute approximate surface area is 125 Å². The number of Topliss-reactive ketones (excluding diaryl/α,β-unsaturated/α-hetero) is 1. The van der Waals surface area contributed by atoms with Crippen LogP contribution in [0.15, 0.2) is 41.1 Å². The van der Waals surface area contributed by atoms with E-state index in [2.05, 4.69) is 23.8 Å². The largest absolute Gasteiger partial charge is 0.294 e. The van der Waals surface area contributed by atoms with E-state index in [0.29, 0.717) is 6.42 Å². The first kappa shape index (κ1) is 15.0. The second kappa shape index (κ2) is 8.01. The van der Waals surface area contributed by atoms with E-state index < -0.39 is 0 Å². The lowest BCUT2D eigenvalue weighted by atomic mass is 9.96. The number of unbranched alkanes of at least 4 members (excludes halogenated alkanes) is 4. The van der Waals surface area contributed by atoms with Crippen LogP contribution in [0, 0.1) is 0 Å². The summed E-state index contributed by atoms with van der Waals surface area (Å²) in [5.41, 5.74) is 3.11. The Morgan fingerprint density at radius 3 is 2.60 bits per heavy atom. The maximum Gasteiger partial charge on any atom is 0.163 e. The SMILES string of the molecule is CCCCCCCC(=O)c1ccccc1-c1ccsc1. The predicted molar refractivity (Wildman–Crippen MR) is 87.5 cm³/mol. The topological polar surface area (TPSA) is 17.1 Å². The molecule has 2 rings (SSSR count). The highest BCUT2D eigenvalue weighted by atomic mass is 32.1. The number of hydrogen-bond acceptors (Lipinski definition) is 2. The summed E-state index contributed by atoms with van der Waals surface area (Å²) in [6, 6.07) is 10.1. The molecular formula is C18H22OS. The number of carbonyl (C=O) groups is 1. The van der Waals surface area contributed by atoms with Gasteiger partial charge in [0.25, 0.3) is 0 Å². The number of benzene rings is 1. The molecule has 2 heteroatoms. The van der Waals surface area contributed by atoms with Gasteiger partial charge in [-0.1, -0.05) is 56.9 Å². The summed E-state index contributed by atoms with van der Waals surface area (Å²) in [5.74, 6) is 0.281. The molecule has 0 N–H and O–H groups in total. The van der Waals surface area contributed by atoms with Crippen molar-refractivity contribution in [2.45, 2.75) is 45.4 Å².